The molecule has 0 spiro atoms. The Balaban J connectivity index is 1.30. The van der Waals surface area contributed by atoms with Crippen LogP contribution < -0.4 is 5.32 Å². The highest BCUT2D eigenvalue weighted by Gasteiger charge is 2.08. The SMILES string of the molecule is Clc1ccc2c(NCCCCN(Cc3ccccc3)Cc3ccoc3)ccnc2c1. The summed E-state index contributed by atoms with van der Waals surface area (Å²) in [4.78, 5) is 6.88. The summed E-state index contributed by atoms with van der Waals surface area (Å²) in [6, 6.07) is 20.5. The van der Waals surface area contributed by atoms with E-state index in [4.69, 9.17) is 16.0 Å². The number of unbranched alkanes of at least 4 members (excludes halogenated alkanes) is 1. The number of fused-ring (bicyclic) bond motifs is 1. The molecule has 0 radical (unpaired) electrons. The second kappa shape index (κ2) is 10.3. The van der Waals surface area contributed by atoms with Gasteiger partial charge in [-0.2, -0.15) is 0 Å². The van der Waals surface area contributed by atoms with Gasteiger partial charge in [0, 0.05) is 47.5 Å². The first kappa shape index (κ1) is 20.5. The van der Waals surface area contributed by atoms with E-state index in [0.29, 0.717) is 5.02 Å². The van der Waals surface area contributed by atoms with Crippen LogP contribution in [0.25, 0.3) is 10.9 Å². The van der Waals surface area contributed by atoms with Crippen LogP contribution >= 0.6 is 11.6 Å². The van der Waals surface area contributed by atoms with E-state index in [-0.39, 0.29) is 0 Å². The molecular weight excluding hydrogens is 394 g/mol. The number of anilines is 1. The number of nitrogens with one attached hydrogen (secondary N) is 1. The Labute approximate surface area is 182 Å². The van der Waals surface area contributed by atoms with E-state index in [1.54, 1.807) is 6.26 Å². The minimum absolute atomic E-state index is 0.711. The smallest absolute Gasteiger partial charge is 0.0947 e. The maximum Gasteiger partial charge on any atom is 0.0947 e. The van der Waals surface area contributed by atoms with Gasteiger partial charge in [0.2, 0.25) is 0 Å². The molecule has 0 aliphatic carbocycles. The van der Waals surface area contributed by atoms with Crippen LogP contribution in [0.3, 0.4) is 0 Å². The highest BCUT2D eigenvalue weighted by atomic mass is 35.5. The summed E-state index contributed by atoms with van der Waals surface area (Å²) < 4.78 is 5.25. The van der Waals surface area contributed by atoms with E-state index >= 15 is 0 Å². The highest BCUT2D eigenvalue weighted by molar-refractivity contribution is 6.31. The van der Waals surface area contributed by atoms with Crippen molar-refractivity contribution in [2.75, 3.05) is 18.4 Å². The number of aromatic nitrogens is 1. The molecule has 0 unspecified atom stereocenters. The molecule has 0 fully saturated rings. The minimum Gasteiger partial charge on any atom is -0.472 e. The van der Waals surface area contributed by atoms with Gasteiger partial charge in [-0.15, -0.1) is 0 Å². The summed E-state index contributed by atoms with van der Waals surface area (Å²) in [5, 5.41) is 5.38. The van der Waals surface area contributed by atoms with Crippen molar-refractivity contribution >= 4 is 28.2 Å². The van der Waals surface area contributed by atoms with E-state index in [2.05, 4.69) is 45.5 Å². The highest BCUT2D eigenvalue weighted by Crippen LogP contribution is 2.24. The number of rotatable bonds is 10. The van der Waals surface area contributed by atoms with Crippen molar-refractivity contribution in [2.24, 2.45) is 0 Å². The van der Waals surface area contributed by atoms with Crippen molar-refractivity contribution in [3.63, 3.8) is 0 Å². The summed E-state index contributed by atoms with van der Waals surface area (Å²) in [7, 11) is 0. The van der Waals surface area contributed by atoms with E-state index < -0.39 is 0 Å². The fourth-order valence-corrected chi connectivity index (χ4v) is 3.82. The summed E-state index contributed by atoms with van der Waals surface area (Å²) >= 11 is 6.08. The van der Waals surface area contributed by atoms with Crippen molar-refractivity contribution in [3.05, 3.63) is 95.5 Å². The van der Waals surface area contributed by atoms with E-state index in [9.17, 15) is 0 Å². The number of pyridine rings is 1. The number of hydrogen-bond acceptors (Lipinski definition) is 4. The number of hydrogen-bond donors (Lipinski definition) is 1. The van der Waals surface area contributed by atoms with Crippen LogP contribution in [0.1, 0.15) is 24.0 Å². The standard InChI is InChI=1S/C25H26ClN3O/c26-22-8-9-23-24(10-13-28-25(23)16-22)27-12-4-5-14-29(18-21-11-15-30-19-21)17-20-6-2-1-3-7-20/h1-3,6-11,13,15-16,19H,4-5,12,14,17-18H2,(H,27,28). The first-order valence-corrected chi connectivity index (χ1v) is 10.7. The lowest BCUT2D eigenvalue weighted by atomic mass is 10.1. The van der Waals surface area contributed by atoms with Gasteiger partial charge in [-0.1, -0.05) is 41.9 Å². The zero-order chi connectivity index (χ0) is 20.6. The number of benzene rings is 2. The van der Waals surface area contributed by atoms with Crippen LogP contribution in [0, 0.1) is 0 Å². The maximum atomic E-state index is 6.08. The van der Waals surface area contributed by atoms with Crippen molar-refractivity contribution in [2.45, 2.75) is 25.9 Å². The maximum absolute atomic E-state index is 6.08. The van der Waals surface area contributed by atoms with Gasteiger partial charge in [0.1, 0.15) is 0 Å². The van der Waals surface area contributed by atoms with Crippen LogP contribution in [0.5, 0.6) is 0 Å². The van der Waals surface area contributed by atoms with Crippen LogP contribution in [0.15, 0.2) is 83.8 Å². The predicted octanol–water partition coefficient (Wildman–Crippen LogP) is 6.38. The Hall–Kier alpha value is -2.82. The molecule has 0 amide bonds. The largest absolute Gasteiger partial charge is 0.472 e. The van der Waals surface area contributed by atoms with Crippen LogP contribution in [0.2, 0.25) is 5.02 Å². The van der Waals surface area contributed by atoms with Crippen molar-refractivity contribution < 1.29 is 4.42 Å². The molecule has 5 heteroatoms. The van der Waals surface area contributed by atoms with Crippen molar-refractivity contribution in [1.29, 1.82) is 0 Å². The van der Waals surface area contributed by atoms with E-state index in [1.807, 2.05) is 42.8 Å². The molecule has 4 rings (SSSR count). The molecule has 0 aliphatic heterocycles. The zero-order valence-corrected chi connectivity index (χ0v) is 17.7. The molecule has 4 nitrogen and oxygen atoms in total. The fraction of sp³-hybridized carbons (Fsp3) is 0.240. The quantitative estimate of drug-likeness (QED) is 0.303. The lowest BCUT2D eigenvalue weighted by Gasteiger charge is -2.22. The summed E-state index contributed by atoms with van der Waals surface area (Å²) in [6.07, 6.45) is 7.61. The Morgan fingerprint density at radius 1 is 0.933 bits per heavy atom. The number of halogens is 1. The lowest BCUT2D eigenvalue weighted by Crippen LogP contribution is -2.24. The Morgan fingerprint density at radius 2 is 1.80 bits per heavy atom. The molecule has 0 bridgehead atoms. The van der Waals surface area contributed by atoms with Crippen molar-refractivity contribution in [1.82, 2.24) is 9.88 Å². The van der Waals surface area contributed by atoms with Gasteiger partial charge in [-0.05, 0) is 55.3 Å². The monoisotopic (exact) mass is 419 g/mol. The predicted molar refractivity (Wildman–Crippen MR) is 124 cm³/mol. The molecule has 0 saturated carbocycles. The van der Waals surface area contributed by atoms with E-state index in [1.165, 1.54) is 11.1 Å². The summed E-state index contributed by atoms with van der Waals surface area (Å²) in [5.41, 5.74) is 4.57. The van der Waals surface area contributed by atoms with Gasteiger partial charge in [-0.25, -0.2) is 0 Å². The molecule has 4 aromatic rings. The van der Waals surface area contributed by atoms with Crippen molar-refractivity contribution in [3.8, 4) is 0 Å². The average molecular weight is 420 g/mol. The second-order valence-electron chi connectivity index (χ2n) is 7.48. The topological polar surface area (TPSA) is 41.3 Å². The van der Waals surface area contributed by atoms with Gasteiger partial charge in [0.05, 0.1) is 18.0 Å². The van der Waals surface area contributed by atoms with Gasteiger partial charge in [0.15, 0.2) is 0 Å². The third kappa shape index (κ3) is 5.62. The minimum atomic E-state index is 0.711. The summed E-state index contributed by atoms with van der Waals surface area (Å²) in [6.45, 7) is 3.80. The van der Waals surface area contributed by atoms with Gasteiger partial charge in [-0.3, -0.25) is 9.88 Å². The van der Waals surface area contributed by atoms with Crippen LogP contribution in [-0.2, 0) is 13.1 Å². The van der Waals surface area contributed by atoms with Gasteiger partial charge in [0.25, 0.3) is 0 Å². The average Bonchev–Trinajstić information content (AvgIpc) is 3.27. The first-order chi connectivity index (χ1) is 14.8. The molecule has 0 saturated heterocycles. The number of nitrogens with zero attached hydrogens (tertiary/aromatic N) is 2. The Bertz CT molecular complexity index is 1050. The fourth-order valence-electron chi connectivity index (χ4n) is 3.66. The zero-order valence-electron chi connectivity index (χ0n) is 16.9. The first-order valence-electron chi connectivity index (χ1n) is 10.3. The molecule has 2 heterocycles. The van der Waals surface area contributed by atoms with E-state index in [0.717, 1.165) is 55.6 Å². The van der Waals surface area contributed by atoms with Gasteiger partial charge < -0.3 is 9.73 Å². The Kier molecular flexibility index (Phi) is 7.01. The third-order valence-corrected chi connectivity index (χ3v) is 5.39. The number of furan rings is 1. The molecule has 154 valence electrons. The molecule has 2 aromatic heterocycles. The van der Waals surface area contributed by atoms with Crippen LogP contribution in [0.4, 0.5) is 5.69 Å². The normalized spacial score (nSPS) is 11.3. The Morgan fingerprint density at radius 3 is 2.63 bits per heavy atom. The molecular formula is C25H26ClN3O. The molecule has 2 aromatic carbocycles. The third-order valence-electron chi connectivity index (χ3n) is 5.16. The van der Waals surface area contributed by atoms with Gasteiger partial charge >= 0.3 is 0 Å². The molecule has 0 atom stereocenters. The van der Waals surface area contributed by atoms with Crippen LogP contribution in [-0.4, -0.2) is 23.0 Å². The lowest BCUT2D eigenvalue weighted by molar-refractivity contribution is 0.251. The molecule has 30 heavy (non-hydrogen) atoms. The summed E-state index contributed by atoms with van der Waals surface area (Å²) in [5.74, 6) is 0. The molecule has 1 N–H and O–H groups in total. The molecule has 0 aliphatic rings. The second-order valence-corrected chi connectivity index (χ2v) is 7.92.